The number of halogens is 2. The molecule has 4 heteroatoms. The Hall–Kier alpha value is -0.120. The molecular weight excluding hydrogens is 239 g/mol. The third-order valence-electron chi connectivity index (χ3n) is 1.62. The zero-order valence-electron chi connectivity index (χ0n) is 6.83. The molecule has 0 radical (unpaired) electrons. The quantitative estimate of drug-likeness (QED) is 0.821. The van der Waals surface area contributed by atoms with Gasteiger partial charge in [0.2, 0.25) is 0 Å². The number of nitrogens with two attached hydrogens (primary N) is 1. The number of aromatic nitrogens is 1. The second-order valence-electron chi connectivity index (χ2n) is 2.43. The first-order chi connectivity index (χ1) is 5.24. The van der Waals surface area contributed by atoms with Crippen molar-refractivity contribution in [2.24, 2.45) is 5.73 Å². The van der Waals surface area contributed by atoms with E-state index >= 15 is 0 Å². The molecule has 68 valence electrons. The molecule has 1 heterocycles. The lowest BCUT2D eigenvalue weighted by Gasteiger charge is -2.07. The van der Waals surface area contributed by atoms with Crippen LogP contribution in [0.15, 0.2) is 22.9 Å². The lowest BCUT2D eigenvalue weighted by molar-refractivity contribution is 0.696. The average molecular weight is 252 g/mol. The minimum atomic E-state index is 0. The Kier molecular flexibility index (Phi) is 5.46. The van der Waals surface area contributed by atoms with Crippen LogP contribution in [0.5, 0.6) is 0 Å². The van der Waals surface area contributed by atoms with Gasteiger partial charge in [-0.05, 0) is 40.0 Å². The van der Waals surface area contributed by atoms with Crippen molar-refractivity contribution in [2.45, 2.75) is 19.4 Å². The van der Waals surface area contributed by atoms with E-state index in [0.29, 0.717) is 0 Å². The minimum absolute atomic E-state index is 0. The predicted molar refractivity (Wildman–Crippen MR) is 56.4 cm³/mol. The Labute approximate surface area is 87.1 Å². The molecule has 2 N–H and O–H groups in total. The Bertz CT molecular complexity index is 242. The number of rotatable bonds is 2. The van der Waals surface area contributed by atoms with Crippen LogP contribution in [0.25, 0.3) is 0 Å². The third-order valence-corrected chi connectivity index (χ3v) is 2.05. The maximum atomic E-state index is 5.81. The molecule has 0 aliphatic carbocycles. The van der Waals surface area contributed by atoms with E-state index in [2.05, 4.69) is 27.8 Å². The summed E-state index contributed by atoms with van der Waals surface area (Å²) in [6.07, 6.45) is 2.71. The number of pyridine rings is 1. The summed E-state index contributed by atoms with van der Waals surface area (Å²) in [7, 11) is 0. The zero-order chi connectivity index (χ0) is 8.27. The van der Waals surface area contributed by atoms with Crippen LogP contribution < -0.4 is 5.73 Å². The average Bonchev–Trinajstić information content (AvgIpc) is 2.03. The van der Waals surface area contributed by atoms with Gasteiger partial charge in [0.25, 0.3) is 0 Å². The van der Waals surface area contributed by atoms with E-state index in [1.807, 2.05) is 12.1 Å². The molecule has 0 bridgehead atoms. The van der Waals surface area contributed by atoms with Gasteiger partial charge in [0.1, 0.15) is 4.60 Å². The van der Waals surface area contributed by atoms with Crippen molar-refractivity contribution in [3.05, 3.63) is 28.5 Å². The molecule has 1 aromatic heterocycles. The van der Waals surface area contributed by atoms with Gasteiger partial charge in [-0.15, -0.1) is 12.4 Å². The molecule has 0 unspecified atom stereocenters. The highest BCUT2D eigenvalue weighted by Crippen LogP contribution is 2.15. The minimum Gasteiger partial charge on any atom is -0.324 e. The van der Waals surface area contributed by atoms with Crippen LogP contribution in [0, 0.1) is 0 Å². The standard InChI is InChI=1S/C8H11BrN2.ClH/c1-2-7(10)6-3-4-11-8(9)5-6;/h3-5,7H,2,10H2,1H3;1H/t7-;/m1./s1. The van der Waals surface area contributed by atoms with Gasteiger partial charge in [-0.1, -0.05) is 6.92 Å². The molecule has 1 aromatic rings. The van der Waals surface area contributed by atoms with E-state index in [1.165, 1.54) is 0 Å². The molecule has 1 rings (SSSR count). The smallest absolute Gasteiger partial charge is 0.106 e. The van der Waals surface area contributed by atoms with E-state index < -0.39 is 0 Å². The van der Waals surface area contributed by atoms with Crippen LogP contribution >= 0.6 is 28.3 Å². The Morgan fingerprint density at radius 3 is 2.83 bits per heavy atom. The van der Waals surface area contributed by atoms with Crippen molar-refractivity contribution >= 4 is 28.3 Å². The molecule has 12 heavy (non-hydrogen) atoms. The number of hydrogen-bond acceptors (Lipinski definition) is 2. The first-order valence-electron chi connectivity index (χ1n) is 3.61. The Balaban J connectivity index is 0.00000121. The van der Waals surface area contributed by atoms with E-state index in [1.54, 1.807) is 6.20 Å². The summed E-state index contributed by atoms with van der Waals surface area (Å²) in [6, 6.07) is 4.03. The highest BCUT2D eigenvalue weighted by atomic mass is 79.9. The van der Waals surface area contributed by atoms with Crippen molar-refractivity contribution in [3.8, 4) is 0 Å². The highest BCUT2D eigenvalue weighted by Gasteiger charge is 2.02. The second kappa shape index (κ2) is 5.51. The molecule has 1 atom stereocenters. The van der Waals surface area contributed by atoms with E-state index in [0.717, 1.165) is 16.6 Å². The monoisotopic (exact) mass is 250 g/mol. The predicted octanol–water partition coefficient (Wildman–Crippen LogP) is 2.68. The van der Waals surface area contributed by atoms with E-state index in [4.69, 9.17) is 5.73 Å². The summed E-state index contributed by atoms with van der Waals surface area (Å²) in [6.45, 7) is 2.07. The van der Waals surface area contributed by atoms with Gasteiger partial charge in [-0.25, -0.2) is 4.98 Å². The first-order valence-corrected chi connectivity index (χ1v) is 4.40. The summed E-state index contributed by atoms with van der Waals surface area (Å²) >= 11 is 3.29. The van der Waals surface area contributed by atoms with E-state index in [9.17, 15) is 0 Å². The van der Waals surface area contributed by atoms with Crippen LogP contribution in [-0.2, 0) is 0 Å². The first kappa shape index (κ1) is 11.9. The Morgan fingerprint density at radius 1 is 1.67 bits per heavy atom. The number of nitrogens with zero attached hydrogens (tertiary/aromatic N) is 1. The Morgan fingerprint density at radius 2 is 2.33 bits per heavy atom. The van der Waals surface area contributed by atoms with Gasteiger partial charge in [0.05, 0.1) is 0 Å². The summed E-state index contributed by atoms with van der Waals surface area (Å²) in [5.41, 5.74) is 6.95. The molecule has 0 aliphatic heterocycles. The zero-order valence-corrected chi connectivity index (χ0v) is 9.23. The largest absolute Gasteiger partial charge is 0.324 e. The summed E-state index contributed by atoms with van der Waals surface area (Å²) < 4.78 is 0.846. The van der Waals surface area contributed by atoms with E-state index in [-0.39, 0.29) is 18.4 Å². The van der Waals surface area contributed by atoms with Crippen molar-refractivity contribution in [1.29, 1.82) is 0 Å². The maximum absolute atomic E-state index is 5.81. The van der Waals surface area contributed by atoms with Crippen molar-refractivity contribution < 1.29 is 0 Å². The molecule has 0 saturated carbocycles. The van der Waals surface area contributed by atoms with Crippen LogP contribution in [-0.4, -0.2) is 4.98 Å². The lowest BCUT2D eigenvalue weighted by Crippen LogP contribution is -2.08. The molecule has 0 aromatic carbocycles. The van der Waals surface area contributed by atoms with Crippen molar-refractivity contribution in [1.82, 2.24) is 4.98 Å². The van der Waals surface area contributed by atoms with Gasteiger partial charge in [-0.3, -0.25) is 0 Å². The van der Waals surface area contributed by atoms with Crippen LogP contribution in [0.1, 0.15) is 24.9 Å². The molecule has 0 fully saturated rings. The molecule has 0 amide bonds. The molecule has 2 nitrogen and oxygen atoms in total. The van der Waals surface area contributed by atoms with Crippen LogP contribution in [0.2, 0.25) is 0 Å². The topological polar surface area (TPSA) is 38.9 Å². The SMILES string of the molecule is CC[C@@H](N)c1ccnc(Br)c1.Cl. The van der Waals surface area contributed by atoms with Crippen LogP contribution in [0.3, 0.4) is 0 Å². The van der Waals surface area contributed by atoms with Gasteiger partial charge in [0.15, 0.2) is 0 Å². The van der Waals surface area contributed by atoms with Gasteiger partial charge in [-0.2, -0.15) is 0 Å². The third kappa shape index (κ3) is 3.09. The maximum Gasteiger partial charge on any atom is 0.106 e. The highest BCUT2D eigenvalue weighted by molar-refractivity contribution is 9.10. The number of hydrogen-bond donors (Lipinski definition) is 1. The summed E-state index contributed by atoms with van der Waals surface area (Å²) in [4.78, 5) is 4.02. The molecular formula is C8H12BrClN2. The van der Waals surface area contributed by atoms with Gasteiger partial charge < -0.3 is 5.73 Å². The van der Waals surface area contributed by atoms with Gasteiger partial charge >= 0.3 is 0 Å². The fourth-order valence-electron chi connectivity index (χ4n) is 0.884. The fourth-order valence-corrected chi connectivity index (χ4v) is 1.27. The molecule has 0 saturated heterocycles. The lowest BCUT2D eigenvalue weighted by atomic mass is 10.1. The normalized spacial score (nSPS) is 11.9. The van der Waals surface area contributed by atoms with Crippen LogP contribution in [0.4, 0.5) is 0 Å². The summed E-state index contributed by atoms with van der Waals surface area (Å²) in [5.74, 6) is 0. The van der Waals surface area contributed by atoms with Crippen molar-refractivity contribution in [2.75, 3.05) is 0 Å². The fraction of sp³-hybridized carbons (Fsp3) is 0.375. The molecule has 0 spiro atoms. The molecule has 0 aliphatic rings. The van der Waals surface area contributed by atoms with Crippen molar-refractivity contribution in [3.63, 3.8) is 0 Å². The second-order valence-corrected chi connectivity index (χ2v) is 3.24. The van der Waals surface area contributed by atoms with Gasteiger partial charge in [0, 0.05) is 12.2 Å². The summed E-state index contributed by atoms with van der Waals surface area (Å²) in [5, 5.41) is 0.